The van der Waals surface area contributed by atoms with Gasteiger partial charge in [0.2, 0.25) is 5.91 Å². The van der Waals surface area contributed by atoms with Crippen molar-refractivity contribution in [1.82, 2.24) is 15.2 Å². The van der Waals surface area contributed by atoms with Crippen LogP contribution in [-0.2, 0) is 17.8 Å². The van der Waals surface area contributed by atoms with E-state index in [1.165, 1.54) is 16.6 Å². The van der Waals surface area contributed by atoms with Crippen molar-refractivity contribution in [2.45, 2.75) is 19.0 Å². The van der Waals surface area contributed by atoms with Gasteiger partial charge in [0, 0.05) is 28.7 Å². The summed E-state index contributed by atoms with van der Waals surface area (Å²) < 4.78 is 0. The molecule has 4 nitrogen and oxygen atoms in total. The van der Waals surface area contributed by atoms with E-state index in [9.17, 15) is 4.79 Å². The predicted molar refractivity (Wildman–Crippen MR) is 73.5 cm³/mol. The highest BCUT2D eigenvalue weighted by Gasteiger charge is 2.36. The van der Waals surface area contributed by atoms with Gasteiger partial charge in [0.15, 0.2) is 0 Å². The molecule has 0 spiro atoms. The van der Waals surface area contributed by atoms with Crippen LogP contribution >= 0.6 is 0 Å². The van der Waals surface area contributed by atoms with E-state index in [4.69, 9.17) is 0 Å². The average molecular weight is 253 g/mol. The summed E-state index contributed by atoms with van der Waals surface area (Å²) >= 11 is 0. The van der Waals surface area contributed by atoms with Gasteiger partial charge < -0.3 is 15.2 Å². The molecular weight excluding hydrogens is 238 g/mol. The first kappa shape index (κ1) is 10.7. The third-order valence-corrected chi connectivity index (χ3v) is 4.18. The minimum atomic E-state index is -0.104. The molecule has 4 heteroatoms. The number of piperazine rings is 1. The fourth-order valence-electron chi connectivity index (χ4n) is 3.18. The topological polar surface area (TPSA) is 48.1 Å². The first-order chi connectivity index (χ1) is 9.24. The standard InChI is InChI=1S/C15H15N3O/c1-9-7-16-15(19)14-6-11-10-4-2-3-5-12(10)17-13(11)8-18(9)14/h2-5,14,17H,1,6-8H2,(H,16,19). The molecule has 3 heterocycles. The van der Waals surface area contributed by atoms with Crippen molar-refractivity contribution in [2.75, 3.05) is 6.54 Å². The zero-order valence-corrected chi connectivity index (χ0v) is 10.6. The SMILES string of the molecule is C=C1CNC(=O)C2Cc3c([nH]c4ccccc34)CN12. The van der Waals surface area contributed by atoms with E-state index >= 15 is 0 Å². The number of nitrogens with one attached hydrogen (secondary N) is 2. The lowest BCUT2D eigenvalue weighted by atomic mass is 9.94. The number of amides is 1. The molecule has 0 bridgehead atoms. The molecule has 1 atom stereocenters. The number of carbonyl (C=O) groups excluding carboxylic acids is 1. The molecule has 1 aromatic heterocycles. The zero-order chi connectivity index (χ0) is 13.0. The molecule has 19 heavy (non-hydrogen) atoms. The summed E-state index contributed by atoms with van der Waals surface area (Å²) in [7, 11) is 0. The van der Waals surface area contributed by atoms with Crippen LogP contribution in [-0.4, -0.2) is 28.4 Å². The summed E-state index contributed by atoms with van der Waals surface area (Å²) in [4.78, 5) is 17.6. The lowest BCUT2D eigenvalue weighted by molar-refractivity contribution is -0.128. The predicted octanol–water partition coefficient (Wildman–Crippen LogP) is 1.54. The number of rotatable bonds is 0. The Bertz CT molecular complexity index is 700. The Labute approximate surface area is 111 Å². The van der Waals surface area contributed by atoms with Crippen LogP contribution in [0.5, 0.6) is 0 Å². The van der Waals surface area contributed by atoms with E-state index in [1.807, 2.05) is 12.1 Å². The number of hydrogen-bond acceptors (Lipinski definition) is 2. The lowest BCUT2D eigenvalue weighted by Gasteiger charge is -2.41. The van der Waals surface area contributed by atoms with Gasteiger partial charge in [-0.15, -0.1) is 0 Å². The van der Waals surface area contributed by atoms with E-state index in [0.29, 0.717) is 6.54 Å². The second-order valence-corrected chi connectivity index (χ2v) is 5.26. The maximum atomic E-state index is 12.0. The van der Waals surface area contributed by atoms with Crippen LogP contribution in [0.3, 0.4) is 0 Å². The van der Waals surface area contributed by atoms with Crippen molar-refractivity contribution >= 4 is 16.8 Å². The molecule has 4 rings (SSSR count). The highest BCUT2D eigenvalue weighted by molar-refractivity contribution is 5.88. The number of para-hydroxylation sites is 1. The Morgan fingerprint density at radius 3 is 3.05 bits per heavy atom. The lowest BCUT2D eigenvalue weighted by Crippen LogP contribution is -2.55. The van der Waals surface area contributed by atoms with Gasteiger partial charge in [-0.25, -0.2) is 0 Å². The molecule has 1 unspecified atom stereocenters. The summed E-state index contributed by atoms with van der Waals surface area (Å²) in [5.74, 6) is 0.114. The molecule has 0 saturated carbocycles. The number of carbonyl (C=O) groups is 1. The number of aromatic nitrogens is 1. The molecule has 96 valence electrons. The van der Waals surface area contributed by atoms with Gasteiger partial charge in [0.05, 0.1) is 13.1 Å². The molecule has 1 fully saturated rings. The molecule has 0 radical (unpaired) electrons. The number of fused-ring (bicyclic) bond motifs is 4. The van der Waals surface area contributed by atoms with Gasteiger partial charge in [0.1, 0.15) is 6.04 Å². The van der Waals surface area contributed by atoms with E-state index in [2.05, 4.69) is 33.9 Å². The summed E-state index contributed by atoms with van der Waals surface area (Å²) in [6, 6.07) is 8.18. The zero-order valence-electron chi connectivity index (χ0n) is 10.6. The molecule has 0 aliphatic carbocycles. The molecule has 1 aromatic carbocycles. The van der Waals surface area contributed by atoms with Crippen LogP contribution in [0.25, 0.3) is 10.9 Å². The van der Waals surface area contributed by atoms with E-state index in [0.717, 1.165) is 24.2 Å². The van der Waals surface area contributed by atoms with Gasteiger partial charge in [-0.3, -0.25) is 4.79 Å². The molecular formula is C15H15N3O. The first-order valence-electron chi connectivity index (χ1n) is 6.54. The largest absolute Gasteiger partial charge is 0.357 e. The number of aromatic amines is 1. The van der Waals surface area contributed by atoms with Gasteiger partial charge in [-0.2, -0.15) is 0 Å². The van der Waals surface area contributed by atoms with Crippen LogP contribution in [0.1, 0.15) is 11.3 Å². The fraction of sp³-hybridized carbons (Fsp3) is 0.267. The Morgan fingerprint density at radius 2 is 2.16 bits per heavy atom. The highest BCUT2D eigenvalue weighted by Crippen LogP contribution is 2.32. The quantitative estimate of drug-likeness (QED) is 0.748. The van der Waals surface area contributed by atoms with Crippen LogP contribution in [0.15, 0.2) is 36.5 Å². The van der Waals surface area contributed by atoms with Crippen LogP contribution in [0.2, 0.25) is 0 Å². The van der Waals surface area contributed by atoms with Crippen molar-refractivity contribution in [2.24, 2.45) is 0 Å². The normalized spacial score (nSPS) is 22.1. The molecule has 2 aromatic rings. The number of hydrogen-bond donors (Lipinski definition) is 2. The molecule has 2 aliphatic rings. The second kappa shape index (κ2) is 3.63. The Hall–Kier alpha value is -2.23. The second-order valence-electron chi connectivity index (χ2n) is 5.26. The van der Waals surface area contributed by atoms with Gasteiger partial charge >= 0.3 is 0 Å². The smallest absolute Gasteiger partial charge is 0.243 e. The summed E-state index contributed by atoms with van der Waals surface area (Å²) in [5, 5.41) is 4.15. The van der Waals surface area contributed by atoms with Crippen molar-refractivity contribution in [3.8, 4) is 0 Å². The minimum absolute atomic E-state index is 0.104. The maximum absolute atomic E-state index is 12.0. The minimum Gasteiger partial charge on any atom is -0.357 e. The van der Waals surface area contributed by atoms with Crippen LogP contribution in [0.4, 0.5) is 0 Å². The van der Waals surface area contributed by atoms with Crippen LogP contribution in [0, 0.1) is 0 Å². The summed E-state index contributed by atoms with van der Waals surface area (Å²) in [6.07, 6.45) is 0.754. The summed E-state index contributed by atoms with van der Waals surface area (Å²) in [5.41, 5.74) is 4.64. The van der Waals surface area contributed by atoms with E-state index < -0.39 is 0 Å². The molecule has 2 aliphatic heterocycles. The van der Waals surface area contributed by atoms with Crippen molar-refractivity contribution < 1.29 is 4.79 Å². The van der Waals surface area contributed by atoms with E-state index in [1.54, 1.807) is 0 Å². The molecule has 1 saturated heterocycles. The number of benzene rings is 1. The molecule has 2 N–H and O–H groups in total. The van der Waals surface area contributed by atoms with E-state index in [-0.39, 0.29) is 11.9 Å². The Balaban J connectivity index is 1.86. The average Bonchev–Trinajstić information content (AvgIpc) is 2.79. The van der Waals surface area contributed by atoms with Crippen molar-refractivity contribution in [3.05, 3.63) is 47.8 Å². The fourth-order valence-corrected chi connectivity index (χ4v) is 3.18. The summed E-state index contributed by atoms with van der Waals surface area (Å²) in [6.45, 7) is 5.37. The Kier molecular flexibility index (Phi) is 2.04. The monoisotopic (exact) mass is 253 g/mol. The molecule has 1 amide bonds. The Morgan fingerprint density at radius 1 is 1.32 bits per heavy atom. The van der Waals surface area contributed by atoms with Crippen molar-refractivity contribution in [3.63, 3.8) is 0 Å². The van der Waals surface area contributed by atoms with Crippen LogP contribution < -0.4 is 5.32 Å². The van der Waals surface area contributed by atoms with Crippen molar-refractivity contribution in [1.29, 1.82) is 0 Å². The van der Waals surface area contributed by atoms with Gasteiger partial charge in [-0.05, 0) is 11.6 Å². The third kappa shape index (κ3) is 1.43. The third-order valence-electron chi connectivity index (χ3n) is 4.18. The number of H-pyrrole nitrogens is 1. The first-order valence-corrected chi connectivity index (χ1v) is 6.54. The number of nitrogens with zero attached hydrogens (tertiary/aromatic N) is 1. The maximum Gasteiger partial charge on any atom is 0.243 e. The highest BCUT2D eigenvalue weighted by atomic mass is 16.2. The van der Waals surface area contributed by atoms with Gasteiger partial charge in [0.25, 0.3) is 0 Å². The van der Waals surface area contributed by atoms with Gasteiger partial charge in [-0.1, -0.05) is 24.8 Å².